The van der Waals surface area contributed by atoms with E-state index in [-0.39, 0.29) is 11.8 Å². The first-order chi connectivity index (χ1) is 10.8. The zero-order valence-corrected chi connectivity index (χ0v) is 14.0. The number of rotatable bonds is 8. The standard InChI is InChI=1S/C19H26O4/c1-5-10(3)7-12-13(8-11(4)6-2)15-9-14(12)16(18(20)21)17(15)19(22)23/h14-17H,3-9H2,1-2H3,(H,20,21)(H,22,23). The molecule has 0 spiro atoms. The molecule has 1 fully saturated rings. The van der Waals surface area contributed by atoms with Gasteiger partial charge in [0.2, 0.25) is 0 Å². The van der Waals surface area contributed by atoms with E-state index in [0.29, 0.717) is 19.3 Å². The Morgan fingerprint density at radius 1 is 0.913 bits per heavy atom. The number of carboxylic acid groups (broad SMARTS) is 2. The second kappa shape index (κ2) is 6.73. The van der Waals surface area contributed by atoms with Gasteiger partial charge in [0.05, 0.1) is 11.8 Å². The minimum Gasteiger partial charge on any atom is -0.481 e. The van der Waals surface area contributed by atoms with Gasteiger partial charge in [-0.25, -0.2) is 0 Å². The van der Waals surface area contributed by atoms with Gasteiger partial charge in [-0.2, -0.15) is 0 Å². The second-order valence-electron chi connectivity index (χ2n) is 6.79. The summed E-state index contributed by atoms with van der Waals surface area (Å²) in [5, 5.41) is 19.1. The van der Waals surface area contributed by atoms with Crippen LogP contribution in [-0.4, -0.2) is 22.2 Å². The lowest BCUT2D eigenvalue weighted by atomic mass is 9.73. The second-order valence-corrected chi connectivity index (χ2v) is 6.79. The lowest BCUT2D eigenvalue weighted by Crippen LogP contribution is -2.36. The molecule has 2 aliphatic carbocycles. The van der Waals surface area contributed by atoms with Gasteiger partial charge in [-0.15, -0.1) is 0 Å². The SMILES string of the molecule is C=C(CC)CC1=C(CC(=C)CC)C2CC1C(C(=O)O)C2C(=O)O. The number of aliphatic carboxylic acids is 2. The van der Waals surface area contributed by atoms with Crippen LogP contribution in [0.25, 0.3) is 0 Å². The summed E-state index contributed by atoms with van der Waals surface area (Å²) in [5.74, 6) is -3.93. The average molecular weight is 318 g/mol. The van der Waals surface area contributed by atoms with Crippen molar-refractivity contribution < 1.29 is 19.8 Å². The van der Waals surface area contributed by atoms with Gasteiger partial charge in [0.1, 0.15) is 0 Å². The van der Waals surface area contributed by atoms with Crippen molar-refractivity contribution in [2.75, 3.05) is 0 Å². The molecule has 0 aromatic rings. The van der Waals surface area contributed by atoms with Crippen molar-refractivity contribution >= 4 is 11.9 Å². The first-order valence-electron chi connectivity index (χ1n) is 8.32. The van der Waals surface area contributed by atoms with Crippen LogP contribution < -0.4 is 0 Å². The van der Waals surface area contributed by atoms with Gasteiger partial charge in [-0.1, -0.05) is 49.3 Å². The van der Waals surface area contributed by atoms with Crippen LogP contribution in [0.1, 0.15) is 46.0 Å². The highest BCUT2D eigenvalue weighted by molar-refractivity contribution is 5.83. The molecule has 126 valence electrons. The molecule has 0 aliphatic heterocycles. The summed E-state index contributed by atoms with van der Waals surface area (Å²) in [4.78, 5) is 23.3. The Bertz CT molecular complexity index is 534. The van der Waals surface area contributed by atoms with Gasteiger partial charge in [-0.3, -0.25) is 9.59 Å². The van der Waals surface area contributed by atoms with E-state index in [2.05, 4.69) is 13.2 Å². The Balaban J connectivity index is 2.44. The van der Waals surface area contributed by atoms with Crippen molar-refractivity contribution in [3.05, 3.63) is 35.5 Å². The fourth-order valence-electron chi connectivity index (χ4n) is 4.19. The summed E-state index contributed by atoms with van der Waals surface area (Å²) >= 11 is 0. The van der Waals surface area contributed by atoms with Crippen LogP contribution in [0.2, 0.25) is 0 Å². The first-order valence-corrected chi connectivity index (χ1v) is 8.32. The van der Waals surface area contributed by atoms with Crippen molar-refractivity contribution in [1.82, 2.24) is 0 Å². The molecule has 0 saturated heterocycles. The van der Waals surface area contributed by atoms with Crippen molar-refractivity contribution in [3.8, 4) is 0 Å². The van der Waals surface area contributed by atoms with E-state index in [1.165, 1.54) is 0 Å². The Kier molecular flexibility index (Phi) is 5.12. The summed E-state index contributed by atoms with van der Waals surface area (Å²) in [6.45, 7) is 12.2. The van der Waals surface area contributed by atoms with Crippen LogP contribution in [0.5, 0.6) is 0 Å². The fourth-order valence-corrected chi connectivity index (χ4v) is 4.19. The molecule has 4 nitrogen and oxygen atoms in total. The van der Waals surface area contributed by atoms with Gasteiger partial charge in [-0.05, 0) is 43.9 Å². The van der Waals surface area contributed by atoms with Crippen LogP contribution in [0.3, 0.4) is 0 Å². The number of hydrogen-bond acceptors (Lipinski definition) is 2. The van der Waals surface area contributed by atoms with E-state index in [0.717, 1.165) is 35.1 Å². The van der Waals surface area contributed by atoms with E-state index >= 15 is 0 Å². The highest BCUT2D eigenvalue weighted by Gasteiger charge is 2.57. The van der Waals surface area contributed by atoms with Crippen molar-refractivity contribution in [1.29, 1.82) is 0 Å². The zero-order chi connectivity index (χ0) is 17.3. The Hall–Kier alpha value is -1.84. The minimum absolute atomic E-state index is 0.165. The monoisotopic (exact) mass is 318 g/mol. The molecule has 4 atom stereocenters. The minimum atomic E-state index is -0.988. The molecule has 0 aromatic carbocycles. The van der Waals surface area contributed by atoms with Crippen LogP contribution in [0.15, 0.2) is 35.5 Å². The molecule has 1 saturated carbocycles. The molecule has 0 aromatic heterocycles. The highest BCUT2D eigenvalue weighted by Crippen LogP contribution is 2.58. The Morgan fingerprint density at radius 3 is 1.52 bits per heavy atom. The summed E-state index contributed by atoms with van der Waals surface area (Å²) in [6.07, 6.45) is 3.73. The summed E-state index contributed by atoms with van der Waals surface area (Å²) < 4.78 is 0. The topological polar surface area (TPSA) is 74.6 Å². The molecule has 23 heavy (non-hydrogen) atoms. The maximum absolute atomic E-state index is 11.7. The zero-order valence-electron chi connectivity index (χ0n) is 14.0. The molecule has 4 unspecified atom stereocenters. The Morgan fingerprint density at radius 2 is 1.26 bits per heavy atom. The van der Waals surface area contributed by atoms with Crippen LogP contribution >= 0.6 is 0 Å². The molecule has 2 bridgehead atoms. The van der Waals surface area contributed by atoms with Crippen molar-refractivity contribution in [2.24, 2.45) is 23.7 Å². The third-order valence-electron chi connectivity index (χ3n) is 5.52. The number of carbonyl (C=O) groups is 2. The smallest absolute Gasteiger partial charge is 0.308 e. The third-order valence-corrected chi connectivity index (χ3v) is 5.52. The van der Waals surface area contributed by atoms with Crippen molar-refractivity contribution in [3.63, 3.8) is 0 Å². The van der Waals surface area contributed by atoms with E-state index in [1.54, 1.807) is 0 Å². The number of hydrogen-bond donors (Lipinski definition) is 2. The quantitative estimate of drug-likeness (QED) is 0.662. The van der Waals surface area contributed by atoms with Gasteiger partial charge >= 0.3 is 11.9 Å². The number of allylic oxidation sites excluding steroid dienone is 4. The molecule has 2 aliphatic rings. The van der Waals surface area contributed by atoms with E-state index in [4.69, 9.17) is 0 Å². The average Bonchev–Trinajstić information content (AvgIpc) is 3.03. The highest BCUT2D eigenvalue weighted by atomic mass is 16.4. The van der Waals surface area contributed by atoms with Crippen LogP contribution in [0.4, 0.5) is 0 Å². The summed E-state index contributed by atoms with van der Waals surface area (Å²) in [5.41, 5.74) is 4.40. The van der Waals surface area contributed by atoms with Gasteiger partial charge in [0.25, 0.3) is 0 Å². The maximum Gasteiger partial charge on any atom is 0.308 e. The van der Waals surface area contributed by atoms with Gasteiger partial charge in [0, 0.05) is 0 Å². The Labute approximate surface area is 137 Å². The normalized spacial score (nSPS) is 29.0. The van der Waals surface area contributed by atoms with Gasteiger partial charge in [0.15, 0.2) is 0 Å². The molecule has 2 N–H and O–H groups in total. The van der Waals surface area contributed by atoms with E-state index in [9.17, 15) is 19.8 Å². The van der Waals surface area contributed by atoms with Crippen LogP contribution in [0, 0.1) is 23.7 Å². The number of fused-ring (bicyclic) bond motifs is 2. The predicted octanol–water partition coefficient (Wildman–Crippen LogP) is 4.05. The molecular formula is C19H26O4. The van der Waals surface area contributed by atoms with Gasteiger partial charge < -0.3 is 10.2 Å². The fraction of sp³-hybridized carbons (Fsp3) is 0.579. The summed E-state index contributed by atoms with van der Waals surface area (Å²) in [6, 6.07) is 0. The predicted molar refractivity (Wildman–Crippen MR) is 89.0 cm³/mol. The molecule has 2 rings (SSSR count). The largest absolute Gasteiger partial charge is 0.481 e. The summed E-state index contributed by atoms with van der Waals surface area (Å²) in [7, 11) is 0. The molecule has 0 heterocycles. The molecule has 0 radical (unpaired) electrons. The van der Waals surface area contributed by atoms with Crippen molar-refractivity contribution in [2.45, 2.75) is 46.0 Å². The number of carboxylic acids is 2. The van der Waals surface area contributed by atoms with E-state index in [1.807, 2.05) is 13.8 Å². The molecule has 4 heteroatoms. The third kappa shape index (κ3) is 3.12. The van der Waals surface area contributed by atoms with E-state index < -0.39 is 23.8 Å². The lowest BCUT2D eigenvalue weighted by Gasteiger charge is -2.30. The maximum atomic E-state index is 11.7. The lowest BCUT2D eigenvalue weighted by molar-refractivity contribution is -0.154. The van der Waals surface area contributed by atoms with Crippen LogP contribution in [-0.2, 0) is 9.59 Å². The molecular weight excluding hydrogens is 292 g/mol. The first kappa shape index (κ1) is 17.5. The molecule has 0 amide bonds.